The number of aliphatic carboxylic acids is 1. The van der Waals surface area contributed by atoms with E-state index in [1.54, 1.807) is 29.3 Å². The molecule has 1 N–H and O–H groups in total. The number of nitriles is 1. The Balaban J connectivity index is 1.49. The van der Waals surface area contributed by atoms with Gasteiger partial charge >= 0.3 is 12.0 Å². The summed E-state index contributed by atoms with van der Waals surface area (Å²) < 4.78 is 0. The van der Waals surface area contributed by atoms with Crippen molar-refractivity contribution in [3.63, 3.8) is 0 Å². The zero-order valence-corrected chi connectivity index (χ0v) is 16.3. The molecule has 2 bridgehead atoms. The molecule has 4 amide bonds. The molecule has 0 radical (unpaired) electrons. The molecule has 5 rings (SSSR count). The topological polar surface area (TPSA) is 135 Å². The molecule has 3 aliphatic rings. The van der Waals surface area contributed by atoms with Crippen LogP contribution in [0.1, 0.15) is 24.8 Å². The Hall–Kier alpha value is -4.00. The van der Waals surface area contributed by atoms with Crippen LogP contribution in [-0.4, -0.2) is 68.4 Å². The van der Waals surface area contributed by atoms with Gasteiger partial charge in [0.2, 0.25) is 5.91 Å². The van der Waals surface area contributed by atoms with Crippen molar-refractivity contribution in [2.45, 2.75) is 37.4 Å². The molecule has 4 heterocycles. The number of rotatable bonds is 4. The molecule has 0 aliphatic carbocycles. The summed E-state index contributed by atoms with van der Waals surface area (Å²) in [4.78, 5) is 58.3. The minimum atomic E-state index is -1.06. The minimum Gasteiger partial charge on any atom is -0.481 e. The fourth-order valence-electron chi connectivity index (χ4n) is 4.97. The van der Waals surface area contributed by atoms with Gasteiger partial charge < -0.3 is 14.9 Å². The fraction of sp³-hybridized carbons (Fsp3) is 0.333. The monoisotopic (exact) mass is 419 g/mol. The number of carbonyl (C=O) groups is 4. The number of nitrogens with zero attached hydrogens (tertiary/aromatic N) is 5. The maximum atomic E-state index is 13.4. The molecule has 156 valence electrons. The summed E-state index contributed by atoms with van der Waals surface area (Å²) in [5.41, 5.74) is 1.10. The number of hydrogen-bond donors (Lipinski definition) is 1. The second-order valence-electron chi connectivity index (χ2n) is 7.85. The van der Waals surface area contributed by atoms with Crippen LogP contribution in [0.2, 0.25) is 0 Å². The van der Waals surface area contributed by atoms with E-state index in [1.165, 1.54) is 11.0 Å². The van der Waals surface area contributed by atoms with Crippen LogP contribution < -0.4 is 4.90 Å². The van der Waals surface area contributed by atoms with Crippen molar-refractivity contribution in [1.82, 2.24) is 14.8 Å². The van der Waals surface area contributed by atoms with Crippen molar-refractivity contribution in [2.24, 2.45) is 0 Å². The highest BCUT2D eigenvalue weighted by atomic mass is 16.4. The van der Waals surface area contributed by atoms with Crippen molar-refractivity contribution in [2.75, 3.05) is 11.4 Å². The largest absolute Gasteiger partial charge is 0.481 e. The fourth-order valence-corrected chi connectivity index (χ4v) is 4.97. The summed E-state index contributed by atoms with van der Waals surface area (Å²) >= 11 is 0. The number of benzene rings is 1. The molecule has 3 atom stereocenters. The highest BCUT2D eigenvalue weighted by molar-refractivity contribution is 6.25. The molecule has 3 fully saturated rings. The van der Waals surface area contributed by atoms with E-state index in [0.717, 1.165) is 4.90 Å². The van der Waals surface area contributed by atoms with Crippen LogP contribution in [0.5, 0.6) is 0 Å². The molecular weight excluding hydrogens is 402 g/mol. The Morgan fingerprint density at radius 2 is 2.03 bits per heavy atom. The molecule has 0 spiro atoms. The number of carboxylic acid groups (broad SMARTS) is 1. The molecule has 3 saturated heterocycles. The number of piperazine rings is 1. The van der Waals surface area contributed by atoms with E-state index >= 15 is 0 Å². The first kappa shape index (κ1) is 19.0. The first-order valence-corrected chi connectivity index (χ1v) is 9.87. The SMILES string of the molecule is N#Cc1ccc(N2C(=O)C3C4CC(CN4C(=O)CCC(=O)O)N3C2=O)c2cccnc12. The Bertz CT molecular complexity index is 1200. The zero-order valence-electron chi connectivity index (χ0n) is 16.3. The van der Waals surface area contributed by atoms with Crippen molar-refractivity contribution in [3.05, 3.63) is 36.0 Å². The number of aromatic nitrogens is 1. The third-order valence-electron chi connectivity index (χ3n) is 6.25. The van der Waals surface area contributed by atoms with Gasteiger partial charge in [-0.25, -0.2) is 9.69 Å². The molecule has 10 heteroatoms. The minimum absolute atomic E-state index is 0.136. The molecule has 3 aliphatic heterocycles. The van der Waals surface area contributed by atoms with E-state index in [0.29, 0.717) is 35.1 Å². The molecule has 1 aromatic heterocycles. The third kappa shape index (κ3) is 2.66. The Labute approximate surface area is 176 Å². The van der Waals surface area contributed by atoms with Gasteiger partial charge in [0.1, 0.15) is 12.1 Å². The lowest BCUT2D eigenvalue weighted by Crippen LogP contribution is -2.54. The summed E-state index contributed by atoms with van der Waals surface area (Å²) in [6.45, 7) is 0.294. The van der Waals surface area contributed by atoms with Gasteiger partial charge in [0.15, 0.2) is 0 Å². The maximum absolute atomic E-state index is 13.4. The highest BCUT2D eigenvalue weighted by Gasteiger charge is 2.62. The molecule has 10 nitrogen and oxygen atoms in total. The summed E-state index contributed by atoms with van der Waals surface area (Å²) in [6, 6.07) is 6.56. The van der Waals surface area contributed by atoms with Crippen LogP contribution >= 0.6 is 0 Å². The van der Waals surface area contributed by atoms with Gasteiger partial charge in [-0.1, -0.05) is 0 Å². The number of amides is 4. The molecule has 2 aromatic rings. The number of hydrogen-bond acceptors (Lipinski definition) is 6. The lowest BCUT2D eigenvalue weighted by atomic mass is 10.1. The first-order chi connectivity index (χ1) is 14.9. The van der Waals surface area contributed by atoms with Crippen molar-refractivity contribution < 1.29 is 24.3 Å². The number of imide groups is 1. The van der Waals surface area contributed by atoms with E-state index < -0.39 is 30.0 Å². The molecule has 31 heavy (non-hydrogen) atoms. The van der Waals surface area contributed by atoms with Crippen molar-refractivity contribution in [3.8, 4) is 6.07 Å². The van der Waals surface area contributed by atoms with E-state index in [4.69, 9.17) is 5.11 Å². The lowest BCUT2D eigenvalue weighted by molar-refractivity contribution is -0.142. The smallest absolute Gasteiger partial charge is 0.332 e. The van der Waals surface area contributed by atoms with Crippen LogP contribution in [0, 0.1) is 11.3 Å². The second kappa shape index (κ2) is 6.77. The van der Waals surface area contributed by atoms with E-state index in [9.17, 15) is 24.4 Å². The van der Waals surface area contributed by atoms with Gasteiger partial charge in [-0.2, -0.15) is 5.26 Å². The third-order valence-corrected chi connectivity index (χ3v) is 6.25. The average molecular weight is 419 g/mol. The number of anilines is 1. The van der Waals surface area contributed by atoms with E-state index in [2.05, 4.69) is 11.1 Å². The first-order valence-electron chi connectivity index (χ1n) is 9.87. The van der Waals surface area contributed by atoms with Crippen molar-refractivity contribution in [1.29, 1.82) is 5.26 Å². The second-order valence-corrected chi connectivity index (χ2v) is 7.85. The summed E-state index contributed by atoms with van der Waals surface area (Å²) in [5.74, 6) is -1.80. The molecule has 0 saturated carbocycles. The van der Waals surface area contributed by atoms with Crippen LogP contribution in [0.3, 0.4) is 0 Å². The van der Waals surface area contributed by atoms with Crippen LogP contribution in [0.15, 0.2) is 30.5 Å². The number of urea groups is 1. The van der Waals surface area contributed by atoms with Crippen LogP contribution in [0.4, 0.5) is 10.5 Å². The summed E-state index contributed by atoms with van der Waals surface area (Å²) in [5, 5.41) is 18.7. The quantitative estimate of drug-likeness (QED) is 0.733. The Morgan fingerprint density at radius 1 is 1.23 bits per heavy atom. The van der Waals surface area contributed by atoms with E-state index in [-0.39, 0.29) is 24.8 Å². The number of carbonyl (C=O) groups excluding carboxylic acids is 3. The predicted molar refractivity (Wildman–Crippen MR) is 106 cm³/mol. The van der Waals surface area contributed by atoms with Gasteiger partial charge in [-0.3, -0.25) is 19.4 Å². The van der Waals surface area contributed by atoms with Crippen molar-refractivity contribution >= 4 is 40.4 Å². The number of fused-ring (bicyclic) bond motifs is 6. The Kier molecular flexibility index (Phi) is 4.15. The van der Waals surface area contributed by atoms with Gasteiger partial charge in [-0.15, -0.1) is 0 Å². The van der Waals surface area contributed by atoms with Gasteiger partial charge in [0, 0.05) is 24.5 Å². The predicted octanol–water partition coefficient (Wildman–Crippen LogP) is 1.09. The zero-order chi connectivity index (χ0) is 21.9. The summed E-state index contributed by atoms with van der Waals surface area (Å²) in [6.07, 6.45) is 1.64. The number of pyridine rings is 1. The molecule has 1 aromatic carbocycles. The number of carboxylic acids is 1. The highest BCUT2D eigenvalue weighted by Crippen LogP contribution is 2.43. The number of likely N-dealkylation sites (tertiary alicyclic amines) is 1. The molecule has 3 unspecified atom stereocenters. The maximum Gasteiger partial charge on any atom is 0.332 e. The van der Waals surface area contributed by atoms with Gasteiger partial charge in [0.05, 0.1) is 35.3 Å². The van der Waals surface area contributed by atoms with Crippen LogP contribution in [0.25, 0.3) is 10.9 Å². The van der Waals surface area contributed by atoms with Gasteiger partial charge in [0.25, 0.3) is 5.91 Å². The van der Waals surface area contributed by atoms with Gasteiger partial charge in [-0.05, 0) is 30.7 Å². The van der Waals surface area contributed by atoms with Crippen LogP contribution in [-0.2, 0) is 14.4 Å². The summed E-state index contributed by atoms with van der Waals surface area (Å²) in [7, 11) is 0. The lowest BCUT2D eigenvalue weighted by Gasteiger charge is -2.34. The average Bonchev–Trinajstić information content (AvgIpc) is 3.43. The normalized spacial score (nSPS) is 24.1. The Morgan fingerprint density at radius 3 is 2.77 bits per heavy atom. The van der Waals surface area contributed by atoms with E-state index in [1.807, 2.05) is 0 Å². The standard InChI is InChI=1S/C21H17N5O5/c22-9-11-3-4-14(13-2-1-7-23-18(11)13)26-20(30)19-15-8-12(25(19)21(26)31)10-24(15)16(27)5-6-17(28)29/h1-4,7,12,15,19H,5-6,8,10H2,(H,28,29). The molecular formula is C21H17N5O5.